The Kier molecular flexibility index (Phi) is 4.71. The van der Waals surface area contributed by atoms with Crippen molar-refractivity contribution in [3.8, 4) is 5.75 Å². The molecule has 1 aromatic rings. The molecular weight excluding hydrogens is 252 g/mol. The van der Waals surface area contributed by atoms with Gasteiger partial charge in [-0.15, -0.1) is 0 Å². The summed E-state index contributed by atoms with van der Waals surface area (Å²) in [6.45, 7) is 1.96. The molecule has 1 aliphatic heterocycles. The summed E-state index contributed by atoms with van der Waals surface area (Å²) in [5, 5.41) is 9.04. The molecule has 0 spiro atoms. The number of halogens is 2. The van der Waals surface area contributed by atoms with E-state index in [2.05, 4.69) is 0 Å². The minimum absolute atomic E-state index is 0.200. The number of phenols is 1. The largest absolute Gasteiger partial charge is 0.503 e. The molecule has 1 saturated heterocycles. The molecule has 5 heteroatoms. The Hall–Kier alpha value is -1.20. The molecule has 0 bridgehead atoms. The number of nitrogens with zero attached hydrogens (tertiary/aromatic N) is 1. The number of aromatic hydroxyl groups is 1. The highest BCUT2D eigenvalue weighted by Gasteiger charge is 2.17. The van der Waals surface area contributed by atoms with Gasteiger partial charge in [-0.05, 0) is 44.0 Å². The zero-order valence-electron chi connectivity index (χ0n) is 11.0. The fourth-order valence-electron chi connectivity index (χ4n) is 2.38. The van der Waals surface area contributed by atoms with Crippen molar-refractivity contribution in [2.45, 2.75) is 31.9 Å². The predicted octanol–water partition coefficient (Wildman–Crippen LogP) is 2.67. The van der Waals surface area contributed by atoms with Gasteiger partial charge in [-0.2, -0.15) is 0 Å². The second-order valence-electron chi connectivity index (χ2n) is 5.09. The van der Waals surface area contributed by atoms with Gasteiger partial charge in [0.15, 0.2) is 17.4 Å². The number of benzene rings is 1. The molecule has 1 unspecified atom stereocenters. The standard InChI is InChI=1S/C14H19F2NO2/c1-17(9-11-4-2-3-5-19-11)8-10-6-12(15)14(18)13(16)7-10/h6-7,11,18H,2-5,8-9H2,1H3. The first-order valence-corrected chi connectivity index (χ1v) is 6.53. The lowest BCUT2D eigenvalue weighted by Gasteiger charge is -2.27. The van der Waals surface area contributed by atoms with Crippen molar-refractivity contribution in [3.05, 3.63) is 29.3 Å². The lowest BCUT2D eigenvalue weighted by Crippen LogP contribution is -2.33. The van der Waals surface area contributed by atoms with Crippen LogP contribution >= 0.6 is 0 Å². The second-order valence-corrected chi connectivity index (χ2v) is 5.09. The Balaban J connectivity index is 1.92. The average molecular weight is 271 g/mol. The third-order valence-corrected chi connectivity index (χ3v) is 3.32. The van der Waals surface area contributed by atoms with Crippen LogP contribution in [0.15, 0.2) is 12.1 Å². The summed E-state index contributed by atoms with van der Waals surface area (Å²) in [5.74, 6) is -2.75. The van der Waals surface area contributed by atoms with Gasteiger partial charge in [-0.1, -0.05) is 0 Å². The summed E-state index contributed by atoms with van der Waals surface area (Å²) in [6.07, 6.45) is 3.50. The minimum Gasteiger partial charge on any atom is -0.503 e. The lowest BCUT2D eigenvalue weighted by atomic mass is 10.1. The quantitative estimate of drug-likeness (QED) is 0.914. The number of likely N-dealkylation sites (N-methyl/N-ethyl adjacent to an activating group) is 1. The Morgan fingerprint density at radius 2 is 2.00 bits per heavy atom. The Bertz CT molecular complexity index is 410. The fourth-order valence-corrected chi connectivity index (χ4v) is 2.38. The summed E-state index contributed by atoms with van der Waals surface area (Å²) in [7, 11) is 1.89. The number of hydrogen-bond donors (Lipinski definition) is 1. The Labute approximate surface area is 111 Å². The summed E-state index contributed by atoms with van der Waals surface area (Å²) >= 11 is 0. The van der Waals surface area contributed by atoms with Crippen molar-refractivity contribution >= 4 is 0 Å². The molecule has 0 radical (unpaired) electrons. The van der Waals surface area contributed by atoms with Crippen molar-refractivity contribution in [1.82, 2.24) is 4.90 Å². The van der Waals surface area contributed by atoms with Gasteiger partial charge in [0.25, 0.3) is 0 Å². The summed E-state index contributed by atoms with van der Waals surface area (Å²) in [6, 6.07) is 2.33. The number of ether oxygens (including phenoxy) is 1. The van der Waals surface area contributed by atoms with Crippen molar-refractivity contribution < 1.29 is 18.6 Å². The zero-order chi connectivity index (χ0) is 13.8. The van der Waals surface area contributed by atoms with Gasteiger partial charge >= 0.3 is 0 Å². The number of hydrogen-bond acceptors (Lipinski definition) is 3. The van der Waals surface area contributed by atoms with E-state index in [1.807, 2.05) is 11.9 Å². The first-order chi connectivity index (χ1) is 9.06. The van der Waals surface area contributed by atoms with Crippen LogP contribution in [0.4, 0.5) is 8.78 Å². The maximum Gasteiger partial charge on any atom is 0.187 e. The third-order valence-electron chi connectivity index (χ3n) is 3.32. The van der Waals surface area contributed by atoms with Gasteiger partial charge in [0.2, 0.25) is 0 Å². The molecule has 0 aromatic heterocycles. The monoisotopic (exact) mass is 271 g/mol. The number of rotatable bonds is 4. The Morgan fingerprint density at radius 3 is 2.58 bits per heavy atom. The van der Waals surface area contributed by atoms with E-state index in [0.717, 1.165) is 38.1 Å². The molecule has 1 fully saturated rings. The first kappa shape index (κ1) is 14.2. The zero-order valence-corrected chi connectivity index (χ0v) is 11.0. The predicted molar refractivity (Wildman–Crippen MR) is 67.9 cm³/mol. The molecule has 1 N–H and O–H groups in total. The van der Waals surface area contributed by atoms with E-state index in [4.69, 9.17) is 9.84 Å². The van der Waals surface area contributed by atoms with Gasteiger partial charge in [0.1, 0.15) is 0 Å². The molecule has 1 aliphatic rings. The molecular formula is C14H19F2NO2. The molecule has 0 saturated carbocycles. The van der Waals surface area contributed by atoms with Gasteiger partial charge < -0.3 is 9.84 Å². The molecule has 3 nitrogen and oxygen atoms in total. The normalized spacial score (nSPS) is 19.9. The highest BCUT2D eigenvalue weighted by molar-refractivity contribution is 5.29. The van der Waals surface area contributed by atoms with E-state index >= 15 is 0 Å². The molecule has 1 atom stereocenters. The average Bonchev–Trinajstić information content (AvgIpc) is 2.37. The smallest absolute Gasteiger partial charge is 0.187 e. The van der Waals surface area contributed by atoms with E-state index in [1.165, 1.54) is 6.42 Å². The van der Waals surface area contributed by atoms with Gasteiger partial charge in [-0.25, -0.2) is 8.78 Å². The third kappa shape index (κ3) is 3.88. The van der Waals surface area contributed by atoms with Crippen LogP contribution in [0.1, 0.15) is 24.8 Å². The van der Waals surface area contributed by atoms with Crippen LogP contribution in [-0.2, 0) is 11.3 Å². The lowest BCUT2D eigenvalue weighted by molar-refractivity contribution is -0.00261. The van der Waals surface area contributed by atoms with Gasteiger partial charge in [-0.3, -0.25) is 4.90 Å². The molecule has 106 valence electrons. The van der Waals surface area contributed by atoms with Crippen molar-refractivity contribution in [2.75, 3.05) is 20.2 Å². The molecule has 0 amide bonds. The van der Waals surface area contributed by atoms with E-state index in [9.17, 15) is 8.78 Å². The summed E-state index contributed by atoms with van der Waals surface area (Å²) in [5.41, 5.74) is 0.506. The molecule has 1 aromatic carbocycles. The van der Waals surface area contributed by atoms with Crippen LogP contribution in [0.25, 0.3) is 0 Å². The van der Waals surface area contributed by atoms with E-state index in [1.54, 1.807) is 0 Å². The van der Waals surface area contributed by atoms with Crippen molar-refractivity contribution in [1.29, 1.82) is 0 Å². The van der Waals surface area contributed by atoms with Crippen LogP contribution in [0.5, 0.6) is 5.75 Å². The van der Waals surface area contributed by atoms with E-state index in [0.29, 0.717) is 12.1 Å². The summed E-state index contributed by atoms with van der Waals surface area (Å²) in [4.78, 5) is 1.97. The van der Waals surface area contributed by atoms with Crippen LogP contribution in [-0.4, -0.2) is 36.3 Å². The van der Waals surface area contributed by atoms with E-state index < -0.39 is 17.4 Å². The molecule has 0 aliphatic carbocycles. The van der Waals surface area contributed by atoms with Crippen LogP contribution < -0.4 is 0 Å². The SMILES string of the molecule is CN(Cc1cc(F)c(O)c(F)c1)CC1CCCCO1. The maximum atomic E-state index is 13.2. The van der Waals surface area contributed by atoms with Crippen molar-refractivity contribution in [3.63, 3.8) is 0 Å². The second kappa shape index (κ2) is 6.30. The van der Waals surface area contributed by atoms with E-state index in [-0.39, 0.29) is 6.10 Å². The molecule has 19 heavy (non-hydrogen) atoms. The highest BCUT2D eigenvalue weighted by Crippen LogP contribution is 2.22. The number of phenolic OH excluding ortho intramolecular Hbond substituents is 1. The van der Waals surface area contributed by atoms with Crippen LogP contribution in [0.2, 0.25) is 0 Å². The Morgan fingerprint density at radius 1 is 1.32 bits per heavy atom. The minimum atomic E-state index is -0.919. The van der Waals surface area contributed by atoms with Gasteiger partial charge in [0, 0.05) is 19.7 Å². The highest BCUT2D eigenvalue weighted by atomic mass is 19.1. The van der Waals surface area contributed by atoms with Crippen LogP contribution in [0, 0.1) is 11.6 Å². The fraction of sp³-hybridized carbons (Fsp3) is 0.571. The summed E-state index contributed by atoms with van der Waals surface area (Å²) < 4.78 is 32.1. The van der Waals surface area contributed by atoms with Crippen LogP contribution in [0.3, 0.4) is 0 Å². The molecule has 1 heterocycles. The van der Waals surface area contributed by atoms with Crippen molar-refractivity contribution in [2.24, 2.45) is 0 Å². The first-order valence-electron chi connectivity index (χ1n) is 6.53. The topological polar surface area (TPSA) is 32.7 Å². The maximum absolute atomic E-state index is 13.2. The van der Waals surface area contributed by atoms with Gasteiger partial charge in [0.05, 0.1) is 6.10 Å². The molecule has 2 rings (SSSR count).